The van der Waals surface area contributed by atoms with Crippen LogP contribution in [-0.2, 0) is 13.3 Å². The Kier molecular flexibility index (Phi) is 8.09. The van der Waals surface area contributed by atoms with Crippen LogP contribution in [0.2, 0.25) is 6.04 Å². The highest BCUT2D eigenvalue weighted by atomic mass is 28.4. The normalized spacial score (nSPS) is 18.2. The molecular formula is C13H29NO3Si. The topological polar surface area (TPSA) is 39.7 Å². The van der Waals surface area contributed by atoms with E-state index in [2.05, 4.69) is 5.32 Å². The van der Waals surface area contributed by atoms with Gasteiger partial charge in [-0.1, -0.05) is 32.1 Å². The van der Waals surface area contributed by atoms with E-state index >= 15 is 0 Å². The molecule has 1 fully saturated rings. The molecule has 18 heavy (non-hydrogen) atoms. The summed E-state index contributed by atoms with van der Waals surface area (Å²) in [4.78, 5) is 0. The molecule has 1 aliphatic rings. The van der Waals surface area contributed by atoms with Gasteiger partial charge in [-0.25, -0.2) is 0 Å². The average Bonchev–Trinajstić information content (AvgIpc) is 2.45. The summed E-state index contributed by atoms with van der Waals surface area (Å²) in [6.07, 6.45) is 8.45. The maximum Gasteiger partial charge on any atom is 0.501 e. The third-order valence-electron chi connectivity index (χ3n) is 4.00. The molecule has 0 aromatic heterocycles. The van der Waals surface area contributed by atoms with Crippen molar-refractivity contribution in [3.8, 4) is 0 Å². The van der Waals surface area contributed by atoms with Crippen molar-refractivity contribution in [2.45, 2.75) is 44.6 Å². The van der Waals surface area contributed by atoms with Gasteiger partial charge in [-0.2, -0.15) is 0 Å². The maximum atomic E-state index is 5.39. The first-order valence-electron chi connectivity index (χ1n) is 7.12. The average molecular weight is 275 g/mol. The second-order valence-corrected chi connectivity index (χ2v) is 8.18. The minimum atomic E-state index is -2.37. The smallest absolute Gasteiger partial charge is 0.377 e. The Morgan fingerprint density at radius 1 is 0.944 bits per heavy atom. The quantitative estimate of drug-likeness (QED) is 0.518. The molecule has 4 nitrogen and oxygen atoms in total. The molecule has 0 saturated heterocycles. The van der Waals surface area contributed by atoms with Crippen LogP contribution in [-0.4, -0.2) is 43.2 Å². The van der Waals surface area contributed by atoms with E-state index in [1.165, 1.54) is 38.5 Å². The van der Waals surface area contributed by atoms with Gasteiger partial charge in [0.1, 0.15) is 0 Å². The molecule has 0 spiro atoms. The third-order valence-corrected chi connectivity index (χ3v) is 6.72. The Hall–Kier alpha value is 0.0569. The van der Waals surface area contributed by atoms with Crippen molar-refractivity contribution in [3.05, 3.63) is 0 Å². The predicted octanol–water partition coefficient (Wildman–Crippen LogP) is 2.42. The lowest BCUT2D eigenvalue weighted by Crippen LogP contribution is -2.45. The summed E-state index contributed by atoms with van der Waals surface area (Å²) < 4.78 is 16.2. The fourth-order valence-electron chi connectivity index (χ4n) is 2.70. The Morgan fingerprint density at radius 2 is 1.56 bits per heavy atom. The van der Waals surface area contributed by atoms with Crippen molar-refractivity contribution in [2.24, 2.45) is 5.92 Å². The van der Waals surface area contributed by atoms with Gasteiger partial charge in [-0.15, -0.1) is 0 Å². The number of nitrogens with one attached hydrogen (secondary N) is 1. The molecule has 0 aliphatic heterocycles. The van der Waals surface area contributed by atoms with Crippen molar-refractivity contribution >= 4 is 8.80 Å². The summed E-state index contributed by atoms with van der Waals surface area (Å²) in [6, 6.07) is 0.834. The second-order valence-electron chi connectivity index (χ2n) is 5.09. The molecule has 0 heterocycles. The molecule has 5 heteroatoms. The highest BCUT2D eigenvalue weighted by molar-refractivity contribution is 6.60. The van der Waals surface area contributed by atoms with Crippen LogP contribution in [0, 0.1) is 5.92 Å². The van der Waals surface area contributed by atoms with Crippen molar-refractivity contribution in [1.29, 1.82) is 0 Å². The molecule has 0 aromatic carbocycles. The fourth-order valence-corrected chi connectivity index (χ4v) is 4.30. The summed E-state index contributed by atoms with van der Waals surface area (Å²) in [6.45, 7) is 2.01. The van der Waals surface area contributed by atoms with Crippen LogP contribution in [0.5, 0.6) is 0 Å². The van der Waals surface area contributed by atoms with E-state index < -0.39 is 8.80 Å². The highest BCUT2D eigenvalue weighted by Gasteiger charge is 2.36. The van der Waals surface area contributed by atoms with Crippen LogP contribution in [0.4, 0.5) is 0 Å². The molecule has 0 unspecified atom stereocenters. The molecule has 0 amide bonds. The molecule has 1 saturated carbocycles. The van der Waals surface area contributed by atoms with E-state index in [-0.39, 0.29) is 0 Å². The lowest BCUT2D eigenvalue weighted by molar-refractivity contribution is 0.123. The number of hydrogen-bond acceptors (Lipinski definition) is 4. The Morgan fingerprint density at radius 3 is 2.11 bits per heavy atom. The van der Waals surface area contributed by atoms with E-state index in [0.717, 1.165) is 25.1 Å². The fraction of sp³-hybridized carbons (Fsp3) is 1.00. The van der Waals surface area contributed by atoms with E-state index in [1.807, 2.05) is 0 Å². The monoisotopic (exact) mass is 275 g/mol. The molecule has 1 rings (SSSR count). The number of hydrogen-bond donors (Lipinski definition) is 1. The number of rotatable bonds is 9. The van der Waals surface area contributed by atoms with Crippen LogP contribution in [0.1, 0.15) is 38.5 Å². The summed E-state index contributed by atoms with van der Waals surface area (Å²) in [5.41, 5.74) is 0. The van der Waals surface area contributed by atoms with Crippen molar-refractivity contribution in [3.63, 3.8) is 0 Å². The second kappa shape index (κ2) is 9.04. The molecule has 1 aliphatic carbocycles. The highest BCUT2D eigenvalue weighted by Crippen LogP contribution is 2.25. The molecular weight excluding hydrogens is 246 g/mol. The molecule has 0 bridgehead atoms. The summed E-state index contributed by atoms with van der Waals surface area (Å²) in [5.74, 6) is 0.945. The largest absolute Gasteiger partial charge is 0.501 e. The van der Waals surface area contributed by atoms with Crippen LogP contribution >= 0.6 is 0 Å². The summed E-state index contributed by atoms with van der Waals surface area (Å²) in [7, 11) is 2.63. The SMILES string of the molecule is CO[Si](CCNCCC1CCCCC1)(OC)OC. The lowest BCUT2D eigenvalue weighted by Gasteiger charge is -2.25. The summed E-state index contributed by atoms with van der Waals surface area (Å²) >= 11 is 0. The van der Waals surface area contributed by atoms with Gasteiger partial charge in [0.05, 0.1) is 0 Å². The van der Waals surface area contributed by atoms with E-state index in [0.29, 0.717) is 0 Å². The van der Waals surface area contributed by atoms with Crippen LogP contribution in [0.25, 0.3) is 0 Å². The molecule has 0 atom stereocenters. The zero-order valence-corrected chi connectivity index (χ0v) is 13.2. The van der Waals surface area contributed by atoms with Gasteiger partial charge >= 0.3 is 8.80 Å². The first-order valence-corrected chi connectivity index (χ1v) is 9.05. The minimum Gasteiger partial charge on any atom is -0.377 e. The molecule has 1 N–H and O–H groups in total. The molecule has 0 aromatic rings. The van der Waals surface area contributed by atoms with Crippen molar-refractivity contribution in [1.82, 2.24) is 5.32 Å². The molecule has 108 valence electrons. The molecule has 0 radical (unpaired) electrons. The van der Waals surface area contributed by atoms with Gasteiger partial charge in [0, 0.05) is 27.4 Å². The van der Waals surface area contributed by atoms with Gasteiger partial charge in [0.25, 0.3) is 0 Å². The zero-order chi connectivity index (χ0) is 13.3. The van der Waals surface area contributed by atoms with Crippen molar-refractivity contribution in [2.75, 3.05) is 34.4 Å². The van der Waals surface area contributed by atoms with E-state index in [4.69, 9.17) is 13.3 Å². The van der Waals surface area contributed by atoms with E-state index in [9.17, 15) is 0 Å². The van der Waals surface area contributed by atoms with Gasteiger partial charge in [0.15, 0.2) is 0 Å². The zero-order valence-electron chi connectivity index (χ0n) is 12.2. The minimum absolute atomic E-state index is 0.834. The maximum absolute atomic E-state index is 5.39. The Bertz CT molecular complexity index is 198. The Balaban J connectivity index is 2.06. The van der Waals surface area contributed by atoms with Crippen LogP contribution in [0.3, 0.4) is 0 Å². The van der Waals surface area contributed by atoms with Crippen LogP contribution < -0.4 is 5.32 Å². The van der Waals surface area contributed by atoms with Gasteiger partial charge in [-0.05, 0) is 25.4 Å². The first kappa shape index (κ1) is 16.1. The lowest BCUT2D eigenvalue weighted by atomic mass is 9.87. The van der Waals surface area contributed by atoms with Gasteiger partial charge in [0.2, 0.25) is 0 Å². The first-order chi connectivity index (χ1) is 8.76. The van der Waals surface area contributed by atoms with Gasteiger partial charge < -0.3 is 18.6 Å². The van der Waals surface area contributed by atoms with Crippen molar-refractivity contribution < 1.29 is 13.3 Å². The summed E-state index contributed by atoms with van der Waals surface area (Å²) in [5, 5.41) is 3.49. The standard InChI is InChI=1S/C13H29NO3Si/c1-15-18(16-2,17-3)12-11-14-10-9-13-7-5-4-6-8-13/h13-14H,4-12H2,1-3H3. The predicted molar refractivity (Wildman–Crippen MR) is 75.6 cm³/mol. The van der Waals surface area contributed by atoms with E-state index in [1.54, 1.807) is 21.3 Å². The van der Waals surface area contributed by atoms with Crippen LogP contribution in [0.15, 0.2) is 0 Å². The third kappa shape index (κ3) is 5.36. The van der Waals surface area contributed by atoms with Gasteiger partial charge in [-0.3, -0.25) is 0 Å². The Labute approximate surface area is 113 Å².